The van der Waals surface area contributed by atoms with Gasteiger partial charge in [-0.2, -0.15) is 13.2 Å². The van der Waals surface area contributed by atoms with Crippen LogP contribution in [0.15, 0.2) is 54.7 Å². The average Bonchev–Trinajstić information content (AvgIpc) is 3.44. The largest absolute Gasteiger partial charge is 0.416 e. The molecule has 1 aromatic heterocycles. The Morgan fingerprint density at radius 3 is 2.44 bits per heavy atom. The fraction of sp³-hybridized carbons (Fsp3) is 0.360. The number of hydrogen-bond acceptors (Lipinski definition) is 2. The normalized spacial score (nSPS) is 25.1. The molecule has 0 saturated heterocycles. The Morgan fingerprint density at radius 1 is 1.03 bits per heavy atom. The zero-order valence-electron chi connectivity index (χ0n) is 17.3. The van der Waals surface area contributed by atoms with Crippen molar-refractivity contribution in [2.45, 2.75) is 50.2 Å². The number of halogens is 4. The number of nitrogens with one attached hydrogen (secondary N) is 1. The van der Waals surface area contributed by atoms with Crippen LogP contribution in [-0.2, 0) is 6.18 Å². The molecule has 0 bridgehead atoms. The second kappa shape index (κ2) is 7.57. The summed E-state index contributed by atoms with van der Waals surface area (Å²) in [6.07, 6.45) is 2.04. The number of pyridine rings is 1. The van der Waals surface area contributed by atoms with Crippen LogP contribution in [0.4, 0.5) is 17.6 Å². The van der Waals surface area contributed by atoms with Crippen LogP contribution in [0.1, 0.15) is 59.5 Å². The van der Waals surface area contributed by atoms with Crippen molar-refractivity contribution in [3.8, 4) is 0 Å². The second-order valence-electron chi connectivity index (χ2n) is 9.00. The third kappa shape index (κ3) is 3.85. The van der Waals surface area contributed by atoms with Gasteiger partial charge in [0.15, 0.2) is 0 Å². The molecule has 1 spiro atoms. The van der Waals surface area contributed by atoms with Crippen LogP contribution in [0.2, 0.25) is 0 Å². The lowest BCUT2D eigenvalue weighted by Gasteiger charge is -2.30. The van der Waals surface area contributed by atoms with E-state index < -0.39 is 11.7 Å². The van der Waals surface area contributed by atoms with Crippen molar-refractivity contribution in [3.05, 3.63) is 77.2 Å². The van der Waals surface area contributed by atoms with E-state index in [4.69, 9.17) is 0 Å². The molecule has 1 atom stereocenters. The summed E-state index contributed by atoms with van der Waals surface area (Å²) in [6, 6.07) is 11.0. The first kappa shape index (κ1) is 20.9. The first-order valence-corrected chi connectivity index (χ1v) is 10.8. The van der Waals surface area contributed by atoms with E-state index in [1.54, 1.807) is 18.3 Å². The van der Waals surface area contributed by atoms with Gasteiger partial charge in [0, 0.05) is 23.2 Å². The minimum absolute atomic E-state index is 0.0462. The van der Waals surface area contributed by atoms with E-state index in [2.05, 4.69) is 10.3 Å². The summed E-state index contributed by atoms with van der Waals surface area (Å²) in [6.45, 7) is 0. The Kier molecular flexibility index (Phi) is 4.95. The van der Waals surface area contributed by atoms with E-state index in [1.807, 2.05) is 6.07 Å². The van der Waals surface area contributed by atoms with E-state index in [9.17, 15) is 22.4 Å². The summed E-state index contributed by atoms with van der Waals surface area (Å²) in [7, 11) is 0. The Morgan fingerprint density at radius 2 is 1.75 bits per heavy atom. The molecule has 3 nitrogen and oxygen atoms in total. The monoisotopic (exact) mass is 442 g/mol. The number of nitrogens with zero attached hydrogens (tertiary/aromatic N) is 1. The van der Waals surface area contributed by atoms with Gasteiger partial charge in [0.25, 0.3) is 5.91 Å². The highest BCUT2D eigenvalue weighted by Gasteiger charge is 2.55. The second-order valence-corrected chi connectivity index (χ2v) is 9.00. The van der Waals surface area contributed by atoms with Crippen molar-refractivity contribution in [1.29, 1.82) is 0 Å². The first-order chi connectivity index (χ1) is 15.2. The molecule has 2 aromatic carbocycles. The minimum atomic E-state index is -4.42. The maximum Gasteiger partial charge on any atom is 0.416 e. The van der Waals surface area contributed by atoms with E-state index in [0.29, 0.717) is 5.92 Å². The Hall–Kier alpha value is -2.96. The highest BCUT2D eigenvalue weighted by Crippen LogP contribution is 2.59. The standard InChI is InChI=1S/C25H22F4N2O/c26-18-5-6-21-20(13-18)19(9-12-30-21)15-7-10-24(11-8-15)14-22(24)31-23(32)16-1-3-17(4-2-16)25(27,28)29/h1-6,9,12-13,15,22H,7-8,10-11,14H2,(H,31,32)/t15?,22-,24?/m0/s1. The van der Waals surface area contributed by atoms with Crippen molar-refractivity contribution >= 4 is 16.8 Å². The molecule has 32 heavy (non-hydrogen) atoms. The van der Waals surface area contributed by atoms with Crippen molar-refractivity contribution in [2.24, 2.45) is 5.41 Å². The predicted octanol–water partition coefficient (Wildman–Crippen LogP) is 6.24. The lowest BCUT2D eigenvalue weighted by molar-refractivity contribution is -0.137. The van der Waals surface area contributed by atoms with Gasteiger partial charge >= 0.3 is 6.18 Å². The van der Waals surface area contributed by atoms with Crippen molar-refractivity contribution in [3.63, 3.8) is 0 Å². The number of hydrogen-bond donors (Lipinski definition) is 1. The first-order valence-electron chi connectivity index (χ1n) is 10.8. The van der Waals surface area contributed by atoms with E-state index in [-0.39, 0.29) is 28.7 Å². The maximum absolute atomic E-state index is 13.8. The van der Waals surface area contributed by atoms with Gasteiger partial charge in [-0.1, -0.05) is 0 Å². The SMILES string of the molecule is O=C(N[C@H]1CC12CCC(c1ccnc3ccc(F)cc13)CC2)c1ccc(C(F)(F)F)cc1. The topological polar surface area (TPSA) is 42.0 Å². The summed E-state index contributed by atoms with van der Waals surface area (Å²) in [5, 5.41) is 3.86. The summed E-state index contributed by atoms with van der Waals surface area (Å²) < 4.78 is 51.9. The van der Waals surface area contributed by atoms with Gasteiger partial charge in [-0.05, 0) is 97.5 Å². The fourth-order valence-electron chi connectivity index (χ4n) is 5.16. The molecule has 2 aliphatic carbocycles. The molecule has 2 fully saturated rings. The summed E-state index contributed by atoms with van der Waals surface area (Å²) in [5.41, 5.74) is 1.44. The Bertz CT molecular complexity index is 1160. The Labute approximate surface area is 182 Å². The van der Waals surface area contributed by atoms with Gasteiger partial charge in [-0.15, -0.1) is 0 Å². The third-order valence-corrected chi connectivity index (χ3v) is 7.13. The van der Waals surface area contributed by atoms with Crippen LogP contribution < -0.4 is 5.32 Å². The summed E-state index contributed by atoms with van der Waals surface area (Å²) in [4.78, 5) is 16.8. The van der Waals surface area contributed by atoms with Gasteiger partial charge in [-0.25, -0.2) is 4.39 Å². The zero-order chi connectivity index (χ0) is 22.5. The van der Waals surface area contributed by atoms with Gasteiger partial charge in [-0.3, -0.25) is 9.78 Å². The number of carbonyl (C=O) groups is 1. The van der Waals surface area contributed by atoms with Gasteiger partial charge in [0.1, 0.15) is 5.82 Å². The molecule has 2 saturated carbocycles. The quantitative estimate of drug-likeness (QED) is 0.488. The lowest BCUT2D eigenvalue weighted by atomic mass is 9.75. The number of amides is 1. The van der Waals surface area contributed by atoms with Gasteiger partial charge < -0.3 is 5.32 Å². The van der Waals surface area contributed by atoms with Crippen LogP contribution in [0.25, 0.3) is 10.9 Å². The van der Waals surface area contributed by atoms with Crippen LogP contribution in [0.5, 0.6) is 0 Å². The van der Waals surface area contributed by atoms with Gasteiger partial charge in [0.05, 0.1) is 11.1 Å². The van der Waals surface area contributed by atoms with E-state index in [1.165, 1.54) is 18.2 Å². The van der Waals surface area contributed by atoms with Crippen molar-refractivity contribution in [1.82, 2.24) is 10.3 Å². The number of rotatable bonds is 3. The molecule has 5 rings (SSSR count). The molecule has 7 heteroatoms. The molecular weight excluding hydrogens is 420 g/mol. The molecule has 3 aromatic rings. The molecule has 1 amide bonds. The fourth-order valence-corrected chi connectivity index (χ4v) is 5.16. The van der Waals surface area contributed by atoms with Crippen LogP contribution in [0.3, 0.4) is 0 Å². The molecule has 2 aliphatic rings. The number of benzene rings is 2. The van der Waals surface area contributed by atoms with Gasteiger partial charge in [0.2, 0.25) is 0 Å². The maximum atomic E-state index is 13.8. The minimum Gasteiger partial charge on any atom is -0.349 e. The highest BCUT2D eigenvalue weighted by atomic mass is 19.4. The van der Waals surface area contributed by atoms with E-state index in [0.717, 1.165) is 60.7 Å². The highest BCUT2D eigenvalue weighted by molar-refractivity contribution is 5.94. The van der Waals surface area contributed by atoms with E-state index >= 15 is 0 Å². The molecule has 1 N–H and O–H groups in total. The average molecular weight is 442 g/mol. The van der Waals surface area contributed by atoms with Crippen molar-refractivity contribution in [2.75, 3.05) is 0 Å². The van der Waals surface area contributed by atoms with Crippen molar-refractivity contribution < 1.29 is 22.4 Å². The molecule has 166 valence electrons. The molecule has 1 heterocycles. The number of aromatic nitrogens is 1. The number of alkyl halides is 3. The lowest BCUT2D eigenvalue weighted by Crippen LogP contribution is -2.31. The zero-order valence-corrected chi connectivity index (χ0v) is 17.3. The predicted molar refractivity (Wildman–Crippen MR) is 113 cm³/mol. The molecule has 0 unspecified atom stereocenters. The number of carbonyl (C=O) groups excluding carboxylic acids is 1. The summed E-state index contributed by atoms with van der Waals surface area (Å²) >= 11 is 0. The van der Waals surface area contributed by atoms with Crippen LogP contribution in [0, 0.1) is 11.2 Å². The molecular formula is C25H22F4N2O. The smallest absolute Gasteiger partial charge is 0.349 e. The summed E-state index contributed by atoms with van der Waals surface area (Å²) in [5.74, 6) is -0.287. The Balaban J connectivity index is 1.22. The van der Waals surface area contributed by atoms with Crippen LogP contribution in [-0.4, -0.2) is 16.9 Å². The third-order valence-electron chi connectivity index (χ3n) is 7.13. The van der Waals surface area contributed by atoms with Crippen LogP contribution >= 0.6 is 0 Å². The number of fused-ring (bicyclic) bond motifs is 1. The molecule has 0 radical (unpaired) electrons. The molecule has 0 aliphatic heterocycles.